The van der Waals surface area contributed by atoms with E-state index in [9.17, 15) is 4.79 Å². The summed E-state index contributed by atoms with van der Waals surface area (Å²) < 4.78 is 4.95. The molecule has 0 aliphatic carbocycles. The molecule has 3 heteroatoms. The first-order valence-corrected chi connectivity index (χ1v) is 3.53. The van der Waals surface area contributed by atoms with Gasteiger partial charge in [0, 0.05) is 0 Å². The predicted octanol–water partition coefficient (Wildman–Crippen LogP) is 0.915. The van der Waals surface area contributed by atoms with Gasteiger partial charge in [0.25, 0.3) is 0 Å². The standard InChI is InChI=1S/C8H15O3/c1-6(5-9)7(10)11-8(2,3)4/h9H,5H2,1-4H3. The maximum atomic E-state index is 11.0. The summed E-state index contributed by atoms with van der Waals surface area (Å²) in [4.78, 5) is 11.0. The van der Waals surface area contributed by atoms with Crippen molar-refractivity contribution in [3.63, 3.8) is 0 Å². The molecule has 0 unspecified atom stereocenters. The van der Waals surface area contributed by atoms with Gasteiger partial charge in [-0.2, -0.15) is 0 Å². The molecule has 0 amide bonds. The van der Waals surface area contributed by atoms with E-state index in [1.165, 1.54) is 0 Å². The molecule has 0 aliphatic rings. The number of esters is 1. The van der Waals surface area contributed by atoms with Crippen molar-refractivity contribution in [3.8, 4) is 0 Å². The minimum Gasteiger partial charge on any atom is -0.459 e. The van der Waals surface area contributed by atoms with Gasteiger partial charge in [-0.25, -0.2) is 0 Å². The van der Waals surface area contributed by atoms with E-state index in [2.05, 4.69) is 0 Å². The quantitative estimate of drug-likeness (QED) is 0.609. The van der Waals surface area contributed by atoms with Crippen molar-refractivity contribution in [1.29, 1.82) is 0 Å². The highest BCUT2D eigenvalue weighted by molar-refractivity contribution is 5.84. The van der Waals surface area contributed by atoms with Crippen LogP contribution in [0.4, 0.5) is 0 Å². The van der Waals surface area contributed by atoms with E-state index < -0.39 is 11.6 Å². The molecule has 0 aromatic rings. The van der Waals surface area contributed by atoms with Gasteiger partial charge in [-0.05, 0) is 27.7 Å². The third-order valence-electron chi connectivity index (χ3n) is 0.985. The van der Waals surface area contributed by atoms with Gasteiger partial charge >= 0.3 is 5.97 Å². The summed E-state index contributed by atoms with van der Waals surface area (Å²) in [5, 5.41) is 8.56. The lowest BCUT2D eigenvalue weighted by atomic mass is 10.1. The van der Waals surface area contributed by atoms with E-state index in [1.807, 2.05) is 0 Å². The molecule has 0 fully saturated rings. The summed E-state index contributed by atoms with van der Waals surface area (Å²) in [6.45, 7) is 6.67. The number of ether oxygens (including phenoxy) is 1. The topological polar surface area (TPSA) is 46.5 Å². The molecule has 3 nitrogen and oxygen atoms in total. The van der Waals surface area contributed by atoms with Gasteiger partial charge in [-0.15, -0.1) is 0 Å². The second-order valence-electron chi connectivity index (χ2n) is 3.44. The molecule has 0 saturated heterocycles. The molecular formula is C8H15O3. The average molecular weight is 159 g/mol. The number of hydrogen-bond donors (Lipinski definition) is 1. The number of aliphatic hydroxyl groups is 1. The van der Waals surface area contributed by atoms with E-state index in [0.29, 0.717) is 5.92 Å². The van der Waals surface area contributed by atoms with Gasteiger partial charge in [-0.3, -0.25) is 4.79 Å². The van der Waals surface area contributed by atoms with E-state index in [-0.39, 0.29) is 6.61 Å². The van der Waals surface area contributed by atoms with Gasteiger partial charge in [0.15, 0.2) is 0 Å². The molecule has 65 valence electrons. The van der Waals surface area contributed by atoms with Gasteiger partial charge in [0.1, 0.15) is 11.5 Å². The Morgan fingerprint density at radius 1 is 1.45 bits per heavy atom. The molecule has 0 atom stereocenters. The van der Waals surface area contributed by atoms with E-state index in [0.717, 1.165) is 0 Å². The Labute approximate surface area is 67.4 Å². The van der Waals surface area contributed by atoms with Crippen molar-refractivity contribution in [2.45, 2.75) is 33.3 Å². The number of hydrogen-bond acceptors (Lipinski definition) is 3. The Hall–Kier alpha value is -0.570. The fraction of sp³-hybridized carbons (Fsp3) is 0.750. The maximum Gasteiger partial charge on any atom is 0.315 e. The van der Waals surface area contributed by atoms with Crippen LogP contribution in [0, 0.1) is 5.92 Å². The minimum absolute atomic E-state index is 0.241. The highest BCUT2D eigenvalue weighted by Gasteiger charge is 2.21. The highest BCUT2D eigenvalue weighted by atomic mass is 16.6. The number of carbonyl (C=O) groups is 1. The zero-order valence-corrected chi connectivity index (χ0v) is 7.47. The Morgan fingerprint density at radius 3 is 2.18 bits per heavy atom. The summed E-state index contributed by atoms with van der Waals surface area (Å²) >= 11 is 0. The average Bonchev–Trinajstić information content (AvgIpc) is 1.82. The van der Waals surface area contributed by atoms with Gasteiger partial charge in [0.05, 0.1) is 6.61 Å². The third-order valence-corrected chi connectivity index (χ3v) is 0.985. The summed E-state index contributed by atoms with van der Waals surface area (Å²) in [5.41, 5.74) is -0.479. The molecule has 0 heterocycles. The Kier molecular flexibility index (Phi) is 3.52. The molecular weight excluding hydrogens is 144 g/mol. The molecule has 0 saturated carbocycles. The molecule has 0 aliphatic heterocycles. The SMILES string of the molecule is C[C](CO)C(=O)OC(C)(C)C. The fourth-order valence-corrected chi connectivity index (χ4v) is 0.430. The van der Waals surface area contributed by atoms with Crippen molar-refractivity contribution >= 4 is 5.97 Å². The number of rotatable bonds is 2. The van der Waals surface area contributed by atoms with Crippen molar-refractivity contribution in [1.82, 2.24) is 0 Å². The monoisotopic (exact) mass is 159 g/mol. The van der Waals surface area contributed by atoms with Crippen LogP contribution in [0.25, 0.3) is 0 Å². The summed E-state index contributed by atoms with van der Waals surface area (Å²) in [7, 11) is 0. The smallest absolute Gasteiger partial charge is 0.315 e. The molecule has 0 spiro atoms. The summed E-state index contributed by atoms with van der Waals surface area (Å²) in [6.07, 6.45) is 0. The Bertz CT molecular complexity index is 135. The van der Waals surface area contributed by atoms with Crippen LogP contribution in [-0.4, -0.2) is 23.3 Å². The third kappa shape index (κ3) is 4.79. The number of carbonyl (C=O) groups excluding carboxylic acids is 1. The van der Waals surface area contributed by atoms with Gasteiger partial charge in [-0.1, -0.05) is 0 Å². The van der Waals surface area contributed by atoms with Gasteiger partial charge < -0.3 is 9.84 Å². The van der Waals surface area contributed by atoms with Crippen LogP contribution in [0.1, 0.15) is 27.7 Å². The first kappa shape index (κ1) is 10.4. The van der Waals surface area contributed by atoms with Crippen LogP contribution in [0.5, 0.6) is 0 Å². The molecule has 0 aromatic carbocycles. The first-order chi connectivity index (χ1) is 4.87. The Morgan fingerprint density at radius 2 is 1.91 bits per heavy atom. The molecule has 0 rings (SSSR count). The van der Waals surface area contributed by atoms with Crippen LogP contribution in [0.2, 0.25) is 0 Å². The fourth-order valence-electron chi connectivity index (χ4n) is 0.430. The van der Waals surface area contributed by atoms with Crippen LogP contribution < -0.4 is 0 Å². The first-order valence-electron chi connectivity index (χ1n) is 3.53. The van der Waals surface area contributed by atoms with Crippen molar-refractivity contribution < 1.29 is 14.6 Å². The van der Waals surface area contributed by atoms with Crippen molar-refractivity contribution in [3.05, 3.63) is 5.92 Å². The largest absolute Gasteiger partial charge is 0.459 e. The zero-order valence-electron chi connectivity index (χ0n) is 7.47. The molecule has 1 radical (unpaired) electrons. The van der Waals surface area contributed by atoms with E-state index in [4.69, 9.17) is 9.84 Å². The predicted molar refractivity (Wildman–Crippen MR) is 41.8 cm³/mol. The van der Waals surface area contributed by atoms with E-state index in [1.54, 1.807) is 27.7 Å². The van der Waals surface area contributed by atoms with Crippen LogP contribution in [-0.2, 0) is 9.53 Å². The molecule has 0 aromatic heterocycles. The van der Waals surface area contributed by atoms with Gasteiger partial charge in [0.2, 0.25) is 0 Å². The molecule has 11 heavy (non-hydrogen) atoms. The van der Waals surface area contributed by atoms with Crippen LogP contribution in [0.15, 0.2) is 0 Å². The highest BCUT2D eigenvalue weighted by Crippen LogP contribution is 2.11. The second kappa shape index (κ2) is 3.72. The molecule has 1 N–H and O–H groups in total. The van der Waals surface area contributed by atoms with E-state index >= 15 is 0 Å². The lowest BCUT2D eigenvalue weighted by Crippen LogP contribution is -2.27. The second-order valence-corrected chi connectivity index (χ2v) is 3.44. The maximum absolute atomic E-state index is 11.0. The summed E-state index contributed by atoms with van der Waals surface area (Å²) in [6, 6.07) is 0. The Balaban J connectivity index is 3.88. The lowest BCUT2D eigenvalue weighted by Gasteiger charge is -2.20. The number of aliphatic hydroxyl groups excluding tert-OH is 1. The minimum atomic E-state index is -0.479. The van der Waals surface area contributed by atoms with Crippen LogP contribution in [0.3, 0.4) is 0 Å². The lowest BCUT2D eigenvalue weighted by molar-refractivity contribution is -0.152. The van der Waals surface area contributed by atoms with Crippen molar-refractivity contribution in [2.24, 2.45) is 0 Å². The van der Waals surface area contributed by atoms with Crippen molar-refractivity contribution in [2.75, 3.05) is 6.61 Å². The molecule has 0 bridgehead atoms. The zero-order chi connectivity index (χ0) is 9.07. The normalized spacial score (nSPS) is 11.8. The van der Waals surface area contributed by atoms with Crippen LogP contribution >= 0.6 is 0 Å². The summed E-state index contributed by atoms with van der Waals surface area (Å²) in [5.74, 6) is -0.0973.